The van der Waals surface area contributed by atoms with Crippen LogP contribution in [0.4, 0.5) is 5.69 Å². The van der Waals surface area contributed by atoms with Gasteiger partial charge in [-0.25, -0.2) is 8.42 Å². The monoisotopic (exact) mass is 370 g/mol. The third-order valence-corrected chi connectivity index (χ3v) is 5.67. The van der Waals surface area contributed by atoms with Gasteiger partial charge in [0.15, 0.2) is 0 Å². The lowest BCUT2D eigenvalue weighted by Gasteiger charge is -2.24. The van der Waals surface area contributed by atoms with Crippen molar-refractivity contribution in [2.24, 2.45) is 0 Å². The molecule has 0 radical (unpaired) electrons. The lowest BCUT2D eigenvalue weighted by molar-refractivity contribution is -0.147. The van der Waals surface area contributed by atoms with Crippen LogP contribution in [-0.4, -0.2) is 60.4 Å². The van der Waals surface area contributed by atoms with E-state index in [1.54, 1.807) is 10.9 Å². The Bertz CT molecular complexity index is 723. The number of hydrogen-bond acceptors (Lipinski definition) is 6. The van der Waals surface area contributed by atoms with Gasteiger partial charge in [0.1, 0.15) is 0 Å². The molecule has 2 amide bonds. The second kappa shape index (κ2) is 7.52. The predicted molar refractivity (Wildman–Crippen MR) is 89.3 cm³/mol. The Kier molecular flexibility index (Phi) is 5.38. The van der Waals surface area contributed by atoms with Crippen LogP contribution in [-0.2, 0) is 24.3 Å². The molecule has 0 bridgehead atoms. The summed E-state index contributed by atoms with van der Waals surface area (Å²) in [4.78, 5) is 24.5. The Morgan fingerprint density at radius 1 is 1.20 bits per heavy atom. The summed E-state index contributed by atoms with van der Waals surface area (Å²) in [6, 6.07) is 0.204. The Morgan fingerprint density at radius 3 is 2.56 bits per heavy atom. The number of ether oxygens (including phenoxy) is 1. The van der Waals surface area contributed by atoms with Crippen LogP contribution >= 0.6 is 0 Å². The fraction of sp³-hybridized carbons (Fsp3) is 0.667. The van der Waals surface area contributed by atoms with Crippen molar-refractivity contribution in [3.63, 3.8) is 0 Å². The molecule has 0 aromatic carbocycles. The van der Waals surface area contributed by atoms with Gasteiger partial charge < -0.3 is 4.74 Å². The van der Waals surface area contributed by atoms with Crippen LogP contribution in [0.15, 0.2) is 12.4 Å². The number of anilines is 1. The summed E-state index contributed by atoms with van der Waals surface area (Å²) in [6.45, 7) is 1.22. The lowest BCUT2D eigenvalue weighted by Crippen LogP contribution is -2.43. The van der Waals surface area contributed by atoms with Crippen molar-refractivity contribution in [2.75, 3.05) is 30.2 Å². The van der Waals surface area contributed by atoms with Crippen molar-refractivity contribution in [3.05, 3.63) is 12.4 Å². The van der Waals surface area contributed by atoms with Gasteiger partial charge in [-0.15, -0.1) is 0 Å². The largest absolute Gasteiger partial charge is 0.381 e. The second-order valence-electron chi connectivity index (χ2n) is 6.27. The summed E-state index contributed by atoms with van der Waals surface area (Å²) in [5.41, 5.74) is 0.378. The molecule has 10 heteroatoms. The zero-order valence-corrected chi connectivity index (χ0v) is 14.7. The first-order valence-corrected chi connectivity index (χ1v) is 10.1. The number of aromatic nitrogens is 2. The fourth-order valence-electron chi connectivity index (χ4n) is 3.03. The van der Waals surface area contributed by atoms with Gasteiger partial charge in [0, 0.05) is 38.8 Å². The predicted octanol–water partition coefficient (Wildman–Crippen LogP) is 0.515. The van der Waals surface area contributed by atoms with Gasteiger partial charge in [0.25, 0.3) is 0 Å². The van der Waals surface area contributed by atoms with E-state index in [0.29, 0.717) is 25.3 Å². The Balaban J connectivity index is 1.57. The molecule has 0 saturated carbocycles. The average Bonchev–Trinajstić information content (AvgIpc) is 3.03. The van der Waals surface area contributed by atoms with Crippen LogP contribution in [0.5, 0.6) is 0 Å². The molecule has 1 aromatic heterocycles. The number of nitrogens with one attached hydrogen (secondary N) is 1. The van der Waals surface area contributed by atoms with Gasteiger partial charge in [-0.1, -0.05) is 0 Å². The van der Waals surface area contributed by atoms with Crippen LogP contribution in [0, 0.1) is 0 Å². The zero-order chi connectivity index (χ0) is 17.9. The molecule has 3 heterocycles. The Labute approximate surface area is 146 Å². The first-order chi connectivity index (χ1) is 11.9. The molecule has 0 aliphatic carbocycles. The standard InChI is InChI=1S/C15H22N4O5S/c20-14-2-1-3-15(21)18(14)6-9-25(22,23)17-12-10-16-19(11-12)13-4-7-24-8-5-13/h10-11,13,17H,1-9H2. The Hall–Kier alpha value is -1.94. The molecule has 2 aliphatic rings. The number of carbonyl (C=O) groups is 2. The van der Waals surface area contributed by atoms with Crippen LogP contribution in [0.2, 0.25) is 0 Å². The molecule has 0 unspecified atom stereocenters. The molecular weight excluding hydrogens is 348 g/mol. The molecule has 9 nitrogen and oxygen atoms in total. The Morgan fingerprint density at radius 2 is 1.88 bits per heavy atom. The third kappa shape index (κ3) is 4.57. The first kappa shape index (κ1) is 17.9. The normalized spacial score (nSPS) is 20.1. The molecule has 0 spiro atoms. The van der Waals surface area contributed by atoms with Crippen molar-refractivity contribution >= 4 is 27.5 Å². The topological polar surface area (TPSA) is 111 Å². The summed E-state index contributed by atoms with van der Waals surface area (Å²) < 4.78 is 34.0. The maximum atomic E-state index is 12.2. The van der Waals surface area contributed by atoms with Gasteiger partial charge >= 0.3 is 0 Å². The fourth-order valence-corrected chi connectivity index (χ4v) is 4.02. The summed E-state index contributed by atoms with van der Waals surface area (Å²) in [5.74, 6) is -0.940. The molecule has 0 atom stereocenters. The average molecular weight is 370 g/mol. The number of carbonyl (C=O) groups excluding carboxylic acids is 2. The van der Waals surface area contributed by atoms with Crippen molar-refractivity contribution < 1.29 is 22.7 Å². The second-order valence-corrected chi connectivity index (χ2v) is 8.11. The summed E-state index contributed by atoms with van der Waals surface area (Å²) in [5, 5.41) is 4.21. The highest BCUT2D eigenvalue weighted by Gasteiger charge is 2.27. The minimum atomic E-state index is -3.67. The number of amides is 2. The van der Waals surface area contributed by atoms with Gasteiger partial charge in [-0.3, -0.25) is 23.9 Å². The van der Waals surface area contributed by atoms with Crippen LogP contribution < -0.4 is 4.72 Å². The minimum absolute atomic E-state index is 0.124. The van der Waals surface area contributed by atoms with Gasteiger partial charge in [0.05, 0.1) is 23.7 Å². The highest BCUT2D eigenvalue weighted by atomic mass is 32.2. The van der Waals surface area contributed by atoms with Gasteiger partial charge in [0.2, 0.25) is 21.8 Å². The molecule has 1 aromatic rings. The van der Waals surface area contributed by atoms with E-state index >= 15 is 0 Å². The SMILES string of the molecule is O=C1CCCC(=O)N1CCS(=O)(=O)Nc1cnn(C2CCOCC2)c1. The van der Waals surface area contributed by atoms with E-state index in [2.05, 4.69) is 9.82 Å². The zero-order valence-electron chi connectivity index (χ0n) is 13.9. The van der Waals surface area contributed by atoms with Crippen molar-refractivity contribution in [3.8, 4) is 0 Å². The smallest absolute Gasteiger partial charge is 0.234 e. The van der Waals surface area contributed by atoms with Crippen LogP contribution in [0.25, 0.3) is 0 Å². The van der Waals surface area contributed by atoms with E-state index in [-0.39, 0.29) is 43.0 Å². The summed E-state index contributed by atoms with van der Waals surface area (Å²) in [7, 11) is -3.67. The minimum Gasteiger partial charge on any atom is -0.381 e. The van der Waals surface area contributed by atoms with E-state index in [1.807, 2.05) is 0 Å². The number of sulfonamides is 1. The van der Waals surface area contributed by atoms with Crippen molar-refractivity contribution in [2.45, 2.75) is 38.1 Å². The highest BCUT2D eigenvalue weighted by molar-refractivity contribution is 7.92. The van der Waals surface area contributed by atoms with E-state index in [0.717, 1.165) is 17.7 Å². The molecule has 2 aliphatic heterocycles. The number of likely N-dealkylation sites (tertiary alicyclic amines) is 1. The van der Waals surface area contributed by atoms with E-state index in [1.165, 1.54) is 6.20 Å². The molecule has 1 N–H and O–H groups in total. The number of rotatable bonds is 6. The number of imide groups is 1. The quantitative estimate of drug-likeness (QED) is 0.731. The molecular formula is C15H22N4O5S. The maximum absolute atomic E-state index is 12.2. The lowest BCUT2D eigenvalue weighted by atomic mass is 10.1. The number of hydrogen-bond donors (Lipinski definition) is 1. The molecule has 3 rings (SSSR count). The summed E-state index contributed by atoms with van der Waals surface area (Å²) in [6.07, 6.45) is 5.91. The summed E-state index contributed by atoms with van der Waals surface area (Å²) >= 11 is 0. The van der Waals surface area contributed by atoms with Crippen LogP contribution in [0.1, 0.15) is 38.1 Å². The van der Waals surface area contributed by atoms with E-state index in [4.69, 9.17) is 4.74 Å². The molecule has 25 heavy (non-hydrogen) atoms. The number of piperidine rings is 1. The third-order valence-electron chi connectivity index (χ3n) is 4.41. The van der Waals surface area contributed by atoms with Crippen molar-refractivity contribution in [1.82, 2.24) is 14.7 Å². The van der Waals surface area contributed by atoms with Crippen molar-refractivity contribution in [1.29, 1.82) is 0 Å². The highest BCUT2D eigenvalue weighted by Crippen LogP contribution is 2.22. The first-order valence-electron chi connectivity index (χ1n) is 8.40. The molecule has 2 fully saturated rings. The van der Waals surface area contributed by atoms with Gasteiger partial charge in [-0.05, 0) is 19.3 Å². The number of nitrogens with zero attached hydrogens (tertiary/aromatic N) is 3. The molecule has 2 saturated heterocycles. The van der Waals surface area contributed by atoms with Crippen LogP contribution in [0.3, 0.4) is 0 Å². The van der Waals surface area contributed by atoms with E-state index < -0.39 is 10.0 Å². The van der Waals surface area contributed by atoms with E-state index in [9.17, 15) is 18.0 Å². The maximum Gasteiger partial charge on any atom is 0.234 e. The molecule has 138 valence electrons. The van der Waals surface area contributed by atoms with Gasteiger partial charge in [-0.2, -0.15) is 5.10 Å².